The molecule has 0 bridgehead atoms. The minimum Gasteiger partial charge on any atom is -0.394 e. The van der Waals surface area contributed by atoms with E-state index >= 15 is 0 Å². The highest BCUT2D eigenvalue weighted by atomic mass is 16.5. The Hall–Kier alpha value is -0.410. The summed E-state index contributed by atoms with van der Waals surface area (Å²) in [5, 5.41) is 8.35. The maximum atomic E-state index is 10.7. The Morgan fingerprint density at radius 3 is 2.64 bits per heavy atom. The number of carbonyl (C=O) groups excluding carboxylic acids is 1. The van der Waals surface area contributed by atoms with Crippen molar-refractivity contribution in [1.29, 1.82) is 0 Å². The van der Waals surface area contributed by atoms with E-state index in [0.717, 1.165) is 6.42 Å². The van der Waals surface area contributed by atoms with Crippen molar-refractivity contribution in [2.24, 2.45) is 5.92 Å². The Morgan fingerprint density at radius 2 is 2.18 bits per heavy atom. The van der Waals surface area contributed by atoms with Crippen molar-refractivity contribution < 1.29 is 14.6 Å². The molecule has 66 valence electrons. The third-order valence-corrected chi connectivity index (χ3v) is 1.62. The standard InChI is InChI=1S/C8H16O3/c1-7(8(2)10)3-5-11-6-4-9/h7,9H,3-6H2,1-2H3. The number of rotatable bonds is 6. The summed E-state index contributed by atoms with van der Waals surface area (Å²) in [5.74, 6) is 0.270. The average molecular weight is 160 g/mol. The number of ether oxygens (including phenoxy) is 1. The van der Waals surface area contributed by atoms with Crippen LogP contribution in [0.5, 0.6) is 0 Å². The Bertz CT molecular complexity index is 112. The predicted molar refractivity (Wildman–Crippen MR) is 42.4 cm³/mol. The molecule has 0 aromatic carbocycles. The van der Waals surface area contributed by atoms with Gasteiger partial charge >= 0.3 is 0 Å². The molecule has 0 aliphatic carbocycles. The fraction of sp³-hybridized carbons (Fsp3) is 0.875. The van der Waals surface area contributed by atoms with E-state index in [1.165, 1.54) is 0 Å². The average Bonchev–Trinajstić information content (AvgIpc) is 1.97. The summed E-state index contributed by atoms with van der Waals surface area (Å²) in [7, 11) is 0. The summed E-state index contributed by atoms with van der Waals surface area (Å²) < 4.78 is 5.00. The first-order valence-corrected chi connectivity index (χ1v) is 3.87. The van der Waals surface area contributed by atoms with Crippen LogP contribution in [0, 0.1) is 5.92 Å². The van der Waals surface area contributed by atoms with E-state index < -0.39 is 0 Å². The minimum absolute atomic E-state index is 0.0501. The van der Waals surface area contributed by atoms with Crippen molar-refractivity contribution in [3.63, 3.8) is 0 Å². The smallest absolute Gasteiger partial charge is 0.132 e. The zero-order valence-electron chi connectivity index (χ0n) is 7.17. The molecule has 1 atom stereocenters. The molecule has 0 aliphatic heterocycles. The topological polar surface area (TPSA) is 46.5 Å². The normalized spacial score (nSPS) is 13.0. The van der Waals surface area contributed by atoms with Crippen molar-refractivity contribution >= 4 is 5.78 Å². The van der Waals surface area contributed by atoms with Crippen LogP contribution in [0.3, 0.4) is 0 Å². The van der Waals surface area contributed by atoms with E-state index in [0.29, 0.717) is 13.2 Å². The Kier molecular flexibility index (Phi) is 6.07. The molecule has 1 unspecified atom stereocenters. The first kappa shape index (κ1) is 10.6. The van der Waals surface area contributed by atoms with Crippen LogP contribution in [0.4, 0.5) is 0 Å². The largest absolute Gasteiger partial charge is 0.394 e. The van der Waals surface area contributed by atoms with Gasteiger partial charge in [0.25, 0.3) is 0 Å². The van der Waals surface area contributed by atoms with E-state index in [1.54, 1.807) is 6.92 Å². The number of hydrogen-bond acceptors (Lipinski definition) is 3. The number of hydrogen-bond donors (Lipinski definition) is 1. The van der Waals surface area contributed by atoms with Crippen LogP contribution < -0.4 is 0 Å². The Morgan fingerprint density at radius 1 is 1.55 bits per heavy atom. The second-order valence-electron chi connectivity index (χ2n) is 2.64. The summed E-state index contributed by atoms with van der Waals surface area (Å²) in [6.45, 7) is 4.43. The van der Waals surface area contributed by atoms with Gasteiger partial charge in [0.2, 0.25) is 0 Å². The van der Waals surface area contributed by atoms with Gasteiger partial charge < -0.3 is 9.84 Å². The summed E-state index contributed by atoms with van der Waals surface area (Å²) in [4.78, 5) is 10.7. The van der Waals surface area contributed by atoms with Gasteiger partial charge in [-0.05, 0) is 13.3 Å². The monoisotopic (exact) mass is 160 g/mol. The fourth-order valence-corrected chi connectivity index (χ4v) is 0.630. The van der Waals surface area contributed by atoms with Crippen LogP contribution in [0.1, 0.15) is 20.3 Å². The van der Waals surface area contributed by atoms with Gasteiger partial charge in [-0.25, -0.2) is 0 Å². The van der Waals surface area contributed by atoms with E-state index in [9.17, 15) is 4.79 Å². The van der Waals surface area contributed by atoms with Crippen LogP contribution in [-0.4, -0.2) is 30.7 Å². The summed E-state index contributed by atoms with van der Waals surface area (Å²) in [5.41, 5.74) is 0. The van der Waals surface area contributed by atoms with Gasteiger partial charge in [0, 0.05) is 12.5 Å². The Balaban J connectivity index is 3.17. The lowest BCUT2D eigenvalue weighted by Crippen LogP contribution is -2.10. The molecule has 3 heteroatoms. The molecule has 0 aromatic rings. The van der Waals surface area contributed by atoms with E-state index in [-0.39, 0.29) is 18.3 Å². The third kappa shape index (κ3) is 6.01. The van der Waals surface area contributed by atoms with Gasteiger partial charge in [0.05, 0.1) is 13.2 Å². The molecule has 3 nitrogen and oxygen atoms in total. The molecule has 0 saturated carbocycles. The first-order valence-electron chi connectivity index (χ1n) is 3.87. The number of carbonyl (C=O) groups is 1. The number of ketones is 1. The molecule has 11 heavy (non-hydrogen) atoms. The van der Waals surface area contributed by atoms with Crippen molar-refractivity contribution in [2.75, 3.05) is 19.8 Å². The maximum absolute atomic E-state index is 10.7. The molecule has 0 aliphatic rings. The first-order chi connectivity index (χ1) is 5.18. The summed E-state index contributed by atoms with van der Waals surface area (Å²) in [6, 6.07) is 0. The number of aliphatic hydroxyl groups is 1. The lowest BCUT2D eigenvalue weighted by molar-refractivity contribution is -0.120. The van der Waals surface area contributed by atoms with E-state index in [1.807, 2.05) is 6.92 Å². The van der Waals surface area contributed by atoms with Gasteiger partial charge in [-0.2, -0.15) is 0 Å². The van der Waals surface area contributed by atoms with Gasteiger partial charge in [0.15, 0.2) is 0 Å². The SMILES string of the molecule is CC(=O)C(C)CCOCCO. The number of Topliss-reactive ketones (excluding diaryl/α,β-unsaturated/α-hetero) is 1. The molecular weight excluding hydrogens is 144 g/mol. The molecular formula is C8H16O3. The van der Waals surface area contributed by atoms with Crippen LogP contribution in [0.25, 0.3) is 0 Å². The van der Waals surface area contributed by atoms with Gasteiger partial charge in [-0.15, -0.1) is 0 Å². The van der Waals surface area contributed by atoms with Crippen molar-refractivity contribution in [1.82, 2.24) is 0 Å². The molecule has 0 aromatic heterocycles. The molecule has 0 rings (SSSR count). The van der Waals surface area contributed by atoms with Crippen LogP contribution in [0.15, 0.2) is 0 Å². The zero-order chi connectivity index (χ0) is 8.69. The molecule has 0 saturated heterocycles. The van der Waals surface area contributed by atoms with Crippen LogP contribution in [-0.2, 0) is 9.53 Å². The summed E-state index contributed by atoms with van der Waals surface area (Å²) >= 11 is 0. The van der Waals surface area contributed by atoms with Gasteiger partial charge in [-0.3, -0.25) is 4.79 Å². The minimum atomic E-state index is 0.0501. The summed E-state index contributed by atoms with van der Waals surface area (Å²) in [6.07, 6.45) is 0.745. The number of aliphatic hydroxyl groups excluding tert-OH is 1. The van der Waals surface area contributed by atoms with Crippen molar-refractivity contribution in [3.05, 3.63) is 0 Å². The molecule has 0 amide bonds. The maximum Gasteiger partial charge on any atom is 0.132 e. The van der Waals surface area contributed by atoms with E-state index in [4.69, 9.17) is 9.84 Å². The van der Waals surface area contributed by atoms with Gasteiger partial charge in [-0.1, -0.05) is 6.92 Å². The quantitative estimate of drug-likeness (QED) is 0.579. The molecule has 0 radical (unpaired) electrons. The highest BCUT2D eigenvalue weighted by molar-refractivity contribution is 5.77. The third-order valence-electron chi connectivity index (χ3n) is 1.62. The van der Waals surface area contributed by atoms with Crippen molar-refractivity contribution in [3.8, 4) is 0 Å². The highest BCUT2D eigenvalue weighted by Crippen LogP contribution is 2.02. The van der Waals surface area contributed by atoms with Crippen molar-refractivity contribution in [2.45, 2.75) is 20.3 Å². The predicted octanol–water partition coefficient (Wildman–Crippen LogP) is 0.611. The van der Waals surface area contributed by atoms with E-state index in [2.05, 4.69) is 0 Å². The molecule has 0 spiro atoms. The lowest BCUT2D eigenvalue weighted by Gasteiger charge is -2.06. The fourth-order valence-electron chi connectivity index (χ4n) is 0.630. The lowest BCUT2D eigenvalue weighted by atomic mass is 10.1. The molecule has 0 fully saturated rings. The van der Waals surface area contributed by atoms with Gasteiger partial charge in [0.1, 0.15) is 5.78 Å². The second-order valence-corrected chi connectivity index (χ2v) is 2.64. The highest BCUT2D eigenvalue weighted by Gasteiger charge is 2.05. The second kappa shape index (κ2) is 6.31. The van der Waals surface area contributed by atoms with Crippen LogP contribution in [0.2, 0.25) is 0 Å². The van der Waals surface area contributed by atoms with Crippen LogP contribution >= 0.6 is 0 Å². The molecule has 0 heterocycles. The zero-order valence-corrected chi connectivity index (χ0v) is 7.17. The Labute approximate surface area is 67.4 Å². The molecule has 1 N–H and O–H groups in total.